The van der Waals surface area contributed by atoms with Gasteiger partial charge in [0.25, 0.3) is 5.91 Å². The Kier molecular flexibility index (Phi) is 5.58. The van der Waals surface area contributed by atoms with E-state index in [9.17, 15) is 9.59 Å². The standard InChI is InChI=1S/C18H17N3O3S/c22-16(4-1-9-19-17(23)15-3-2-11-24-15)21-14-7-5-13(6-8-14)18-20-10-12-25-18/h2-3,5-8,10-12H,1,4,9H2,(H,19,23)(H,21,22). The Bertz CT molecular complexity index is 812. The highest BCUT2D eigenvalue weighted by Crippen LogP contribution is 2.23. The molecule has 0 aliphatic heterocycles. The van der Waals surface area contributed by atoms with Crippen LogP contribution in [0.5, 0.6) is 0 Å². The molecule has 0 bridgehead atoms. The molecule has 0 fully saturated rings. The molecular weight excluding hydrogens is 338 g/mol. The predicted molar refractivity (Wildman–Crippen MR) is 96.5 cm³/mol. The molecule has 2 amide bonds. The van der Waals surface area contributed by atoms with Gasteiger partial charge in [0.1, 0.15) is 5.01 Å². The second-order valence-electron chi connectivity index (χ2n) is 5.30. The fourth-order valence-corrected chi connectivity index (χ4v) is 2.88. The van der Waals surface area contributed by atoms with Gasteiger partial charge in [-0.25, -0.2) is 4.98 Å². The third-order valence-electron chi connectivity index (χ3n) is 3.46. The van der Waals surface area contributed by atoms with Gasteiger partial charge in [-0.1, -0.05) is 0 Å². The summed E-state index contributed by atoms with van der Waals surface area (Å²) in [4.78, 5) is 27.9. The fraction of sp³-hybridized carbons (Fsp3) is 0.167. The lowest BCUT2D eigenvalue weighted by atomic mass is 10.2. The van der Waals surface area contributed by atoms with Crippen LogP contribution in [0.25, 0.3) is 10.6 Å². The van der Waals surface area contributed by atoms with Crippen LogP contribution in [-0.2, 0) is 4.79 Å². The number of rotatable bonds is 7. The summed E-state index contributed by atoms with van der Waals surface area (Å²) in [7, 11) is 0. The Morgan fingerprint density at radius 3 is 2.68 bits per heavy atom. The molecule has 0 aliphatic carbocycles. The van der Waals surface area contributed by atoms with Crippen LogP contribution in [0.3, 0.4) is 0 Å². The highest BCUT2D eigenvalue weighted by molar-refractivity contribution is 7.13. The van der Waals surface area contributed by atoms with E-state index in [0.717, 1.165) is 16.3 Å². The van der Waals surface area contributed by atoms with E-state index in [2.05, 4.69) is 15.6 Å². The van der Waals surface area contributed by atoms with E-state index in [1.807, 2.05) is 29.6 Å². The lowest BCUT2D eigenvalue weighted by Gasteiger charge is -2.06. The van der Waals surface area contributed by atoms with Crippen LogP contribution in [-0.4, -0.2) is 23.3 Å². The van der Waals surface area contributed by atoms with Gasteiger partial charge in [-0.3, -0.25) is 9.59 Å². The normalized spacial score (nSPS) is 10.4. The number of nitrogens with zero attached hydrogens (tertiary/aromatic N) is 1. The van der Waals surface area contributed by atoms with E-state index >= 15 is 0 Å². The summed E-state index contributed by atoms with van der Waals surface area (Å²) in [6, 6.07) is 10.8. The lowest BCUT2D eigenvalue weighted by Crippen LogP contribution is -2.25. The lowest BCUT2D eigenvalue weighted by molar-refractivity contribution is -0.116. The summed E-state index contributed by atoms with van der Waals surface area (Å²) >= 11 is 1.57. The molecule has 6 nitrogen and oxygen atoms in total. The van der Waals surface area contributed by atoms with Crippen molar-refractivity contribution in [3.63, 3.8) is 0 Å². The third-order valence-corrected chi connectivity index (χ3v) is 4.28. The first-order chi connectivity index (χ1) is 12.2. The second kappa shape index (κ2) is 8.25. The van der Waals surface area contributed by atoms with E-state index in [-0.39, 0.29) is 17.6 Å². The van der Waals surface area contributed by atoms with Crippen molar-refractivity contribution in [3.05, 3.63) is 60.0 Å². The second-order valence-corrected chi connectivity index (χ2v) is 6.19. The Labute approximate surface area is 148 Å². The van der Waals surface area contributed by atoms with Crippen molar-refractivity contribution in [1.29, 1.82) is 0 Å². The Morgan fingerprint density at radius 1 is 1.16 bits per heavy atom. The van der Waals surface area contributed by atoms with Gasteiger partial charge in [-0.05, 0) is 42.8 Å². The minimum Gasteiger partial charge on any atom is -0.459 e. The van der Waals surface area contributed by atoms with Crippen LogP contribution in [0.2, 0.25) is 0 Å². The topological polar surface area (TPSA) is 84.2 Å². The van der Waals surface area contributed by atoms with Crippen molar-refractivity contribution in [2.75, 3.05) is 11.9 Å². The molecular formula is C18H17N3O3S. The monoisotopic (exact) mass is 355 g/mol. The first-order valence-electron chi connectivity index (χ1n) is 7.84. The molecule has 7 heteroatoms. The first-order valence-corrected chi connectivity index (χ1v) is 8.72. The molecule has 2 aromatic heterocycles. The molecule has 3 aromatic rings. The van der Waals surface area contributed by atoms with Crippen LogP contribution >= 0.6 is 11.3 Å². The molecule has 0 spiro atoms. The maximum atomic E-state index is 11.9. The van der Waals surface area contributed by atoms with Crippen molar-refractivity contribution in [2.45, 2.75) is 12.8 Å². The van der Waals surface area contributed by atoms with Crippen LogP contribution < -0.4 is 10.6 Å². The Hall–Kier alpha value is -2.93. The minimum atomic E-state index is -0.275. The molecule has 128 valence electrons. The Morgan fingerprint density at radius 2 is 2.00 bits per heavy atom. The molecule has 25 heavy (non-hydrogen) atoms. The zero-order valence-corrected chi connectivity index (χ0v) is 14.2. The molecule has 0 atom stereocenters. The minimum absolute atomic E-state index is 0.0887. The molecule has 3 rings (SSSR count). The van der Waals surface area contributed by atoms with Crippen molar-refractivity contribution in [2.24, 2.45) is 0 Å². The van der Waals surface area contributed by atoms with Gasteiger partial charge >= 0.3 is 0 Å². The summed E-state index contributed by atoms with van der Waals surface area (Å²) in [5.41, 5.74) is 1.76. The molecule has 0 aliphatic rings. The summed E-state index contributed by atoms with van der Waals surface area (Å²) in [6.07, 6.45) is 4.09. The average molecular weight is 355 g/mol. The summed E-state index contributed by atoms with van der Waals surface area (Å²) in [6.45, 7) is 0.413. The van der Waals surface area contributed by atoms with E-state index in [4.69, 9.17) is 4.42 Å². The van der Waals surface area contributed by atoms with Crippen molar-refractivity contribution >= 4 is 28.8 Å². The highest BCUT2D eigenvalue weighted by Gasteiger charge is 2.08. The number of benzene rings is 1. The molecule has 0 saturated carbocycles. The van der Waals surface area contributed by atoms with E-state index in [1.54, 1.807) is 29.7 Å². The van der Waals surface area contributed by atoms with Crippen LogP contribution in [0.4, 0.5) is 5.69 Å². The van der Waals surface area contributed by atoms with Gasteiger partial charge in [-0.2, -0.15) is 0 Å². The zero-order valence-electron chi connectivity index (χ0n) is 13.4. The smallest absolute Gasteiger partial charge is 0.286 e. The zero-order chi connectivity index (χ0) is 17.5. The predicted octanol–water partition coefficient (Wildman–Crippen LogP) is 3.55. The average Bonchev–Trinajstić information content (AvgIpc) is 3.32. The molecule has 0 radical (unpaired) electrons. The number of furan rings is 1. The van der Waals surface area contributed by atoms with Crippen LogP contribution in [0, 0.1) is 0 Å². The summed E-state index contributed by atoms with van der Waals surface area (Å²) < 4.78 is 4.99. The first kappa shape index (κ1) is 16.9. The number of nitrogens with one attached hydrogen (secondary N) is 2. The van der Waals surface area contributed by atoms with E-state index in [1.165, 1.54) is 6.26 Å². The van der Waals surface area contributed by atoms with Gasteiger partial charge < -0.3 is 15.1 Å². The van der Waals surface area contributed by atoms with Gasteiger partial charge in [0.2, 0.25) is 5.91 Å². The number of hydrogen-bond donors (Lipinski definition) is 2. The molecule has 2 heterocycles. The maximum absolute atomic E-state index is 11.9. The van der Waals surface area contributed by atoms with Crippen LogP contribution in [0.1, 0.15) is 23.4 Å². The molecule has 1 aromatic carbocycles. The number of carbonyl (C=O) groups is 2. The Balaban J connectivity index is 1.40. The largest absolute Gasteiger partial charge is 0.459 e. The SMILES string of the molecule is O=C(CCCNC(=O)c1ccco1)Nc1ccc(-c2nccs2)cc1. The van der Waals surface area contributed by atoms with Gasteiger partial charge in [0.05, 0.1) is 6.26 Å². The quantitative estimate of drug-likeness (QED) is 0.635. The van der Waals surface area contributed by atoms with Gasteiger partial charge in [0, 0.05) is 35.8 Å². The van der Waals surface area contributed by atoms with E-state index in [0.29, 0.717) is 19.4 Å². The van der Waals surface area contributed by atoms with Crippen molar-refractivity contribution < 1.29 is 14.0 Å². The number of hydrogen-bond acceptors (Lipinski definition) is 5. The van der Waals surface area contributed by atoms with Gasteiger partial charge in [0.15, 0.2) is 5.76 Å². The summed E-state index contributed by atoms with van der Waals surface area (Å²) in [5.74, 6) is -0.0952. The highest BCUT2D eigenvalue weighted by atomic mass is 32.1. The third kappa shape index (κ3) is 4.77. The fourth-order valence-electron chi connectivity index (χ4n) is 2.23. The molecule has 2 N–H and O–H groups in total. The number of thiazole rings is 1. The van der Waals surface area contributed by atoms with Crippen LogP contribution in [0.15, 0.2) is 58.7 Å². The molecule has 0 unspecified atom stereocenters. The van der Waals surface area contributed by atoms with Crippen molar-refractivity contribution in [1.82, 2.24) is 10.3 Å². The van der Waals surface area contributed by atoms with Gasteiger partial charge in [-0.15, -0.1) is 11.3 Å². The molecule has 0 saturated heterocycles. The number of aromatic nitrogens is 1. The number of carbonyl (C=O) groups excluding carboxylic acids is 2. The van der Waals surface area contributed by atoms with E-state index < -0.39 is 0 Å². The maximum Gasteiger partial charge on any atom is 0.286 e. The number of anilines is 1. The van der Waals surface area contributed by atoms with Crippen molar-refractivity contribution in [3.8, 4) is 10.6 Å². The summed E-state index contributed by atoms with van der Waals surface area (Å²) in [5, 5.41) is 8.43. The number of amides is 2.